The number of hydrogen-bond donors (Lipinski definition) is 1. The molecular weight excluding hydrogens is 448 g/mol. The predicted molar refractivity (Wildman–Crippen MR) is 102 cm³/mol. The van der Waals surface area contributed by atoms with Gasteiger partial charge in [-0.1, -0.05) is 28.4 Å². The van der Waals surface area contributed by atoms with Crippen LogP contribution in [-0.4, -0.2) is 38.0 Å². The fraction of sp³-hybridized carbons (Fsp3) is 0.222. The van der Waals surface area contributed by atoms with Crippen molar-refractivity contribution in [1.82, 2.24) is 15.0 Å². The summed E-state index contributed by atoms with van der Waals surface area (Å²) in [6, 6.07) is 6.11. The van der Waals surface area contributed by atoms with Crippen molar-refractivity contribution < 1.29 is 27.9 Å². The van der Waals surface area contributed by atoms with Crippen LogP contribution in [0.25, 0.3) is 11.0 Å². The quantitative estimate of drug-likeness (QED) is 0.621. The number of aryl methyl sites for hydroxylation is 1. The standard InChI is InChI=1S/C18H11Cl2F3N4O3/c1-27-24-14-11(2-3-12(16(28)29)15(14)25-27)13-7-17(30-26-13,18(21,22)23)8-4-9(19)6-10(20)5-8/h2-6H,7H2,1H3,(H,28,29). The Bertz CT molecular complexity index is 1210. The number of halogens is 5. The lowest BCUT2D eigenvalue weighted by molar-refractivity contribution is -0.275. The van der Waals surface area contributed by atoms with Gasteiger partial charge in [-0.3, -0.25) is 0 Å². The molecule has 7 nitrogen and oxygen atoms in total. The highest BCUT2D eigenvalue weighted by molar-refractivity contribution is 6.34. The van der Waals surface area contributed by atoms with Gasteiger partial charge in [-0.25, -0.2) is 4.79 Å². The minimum absolute atomic E-state index is 0.0142. The molecule has 2 heterocycles. The highest BCUT2D eigenvalue weighted by Crippen LogP contribution is 2.50. The van der Waals surface area contributed by atoms with Gasteiger partial charge in [0.15, 0.2) is 0 Å². The molecule has 1 aromatic heterocycles. The third kappa shape index (κ3) is 3.16. The monoisotopic (exact) mass is 458 g/mol. The largest absolute Gasteiger partial charge is 0.478 e. The van der Waals surface area contributed by atoms with E-state index < -0.39 is 24.2 Å². The first-order valence-electron chi connectivity index (χ1n) is 8.38. The second-order valence-corrected chi connectivity index (χ2v) is 7.51. The van der Waals surface area contributed by atoms with Crippen LogP contribution in [0.2, 0.25) is 10.0 Å². The Morgan fingerprint density at radius 2 is 1.80 bits per heavy atom. The van der Waals surface area contributed by atoms with E-state index in [1.807, 2.05) is 0 Å². The zero-order chi connectivity index (χ0) is 21.8. The van der Waals surface area contributed by atoms with E-state index in [0.29, 0.717) is 0 Å². The average molecular weight is 459 g/mol. The van der Waals surface area contributed by atoms with Crippen molar-refractivity contribution in [2.45, 2.75) is 18.2 Å². The lowest BCUT2D eigenvalue weighted by Crippen LogP contribution is -2.42. The zero-order valence-electron chi connectivity index (χ0n) is 15.0. The van der Waals surface area contributed by atoms with E-state index in [9.17, 15) is 23.1 Å². The zero-order valence-corrected chi connectivity index (χ0v) is 16.5. The van der Waals surface area contributed by atoms with Gasteiger partial charge in [0.2, 0.25) is 0 Å². The van der Waals surface area contributed by atoms with Crippen molar-refractivity contribution in [1.29, 1.82) is 0 Å². The number of aromatic carboxylic acids is 1. The van der Waals surface area contributed by atoms with Crippen LogP contribution < -0.4 is 0 Å². The van der Waals surface area contributed by atoms with Gasteiger partial charge < -0.3 is 9.94 Å². The number of carbonyl (C=O) groups is 1. The Hall–Kier alpha value is -2.85. The van der Waals surface area contributed by atoms with E-state index in [-0.39, 0.29) is 43.5 Å². The highest BCUT2D eigenvalue weighted by atomic mass is 35.5. The SMILES string of the molecule is Cn1nc2c(C(=O)O)ccc(C3=NOC(c4cc(Cl)cc(Cl)c4)(C(F)(F)F)C3)c2n1. The molecule has 0 bridgehead atoms. The first-order chi connectivity index (χ1) is 14.0. The van der Waals surface area contributed by atoms with Gasteiger partial charge in [-0.05, 0) is 30.3 Å². The summed E-state index contributed by atoms with van der Waals surface area (Å²) in [5, 5.41) is 21.1. The Morgan fingerprint density at radius 3 is 2.40 bits per heavy atom. The van der Waals surface area contributed by atoms with E-state index in [1.54, 1.807) is 0 Å². The molecule has 30 heavy (non-hydrogen) atoms. The Morgan fingerprint density at radius 1 is 1.17 bits per heavy atom. The number of carboxylic acids is 1. The molecule has 0 saturated heterocycles. The molecule has 0 saturated carbocycles. The summed E-state index contributed by atoms with van der Waals surface area (Å²) in [5.74, 6) is -1.24. The smallest absolute Gasteiger partial charge is 0.435 e. The molecule has 1 atom stereocenters. The van der Waals surface area contributed by atoms with E-state index in [2.05, 4.69) is 15.4 Å². The van der Waals surface area contributed by atoms with Crippen molar-refractivity contribution in [2.24, 2.45) is 12.2 Å². The van der Waals surface area contributed by atoms with Crippen LogP contribution in [0.5, 0.6) is 0 Å². The van der Waals surface area contributed by atoms with Gasteiger partial charge in [0.1, 0.15) is 11.0 Å². The molecule has 1 aliphatic rings. The average Bonchev–Trinajstić information content (AvgIpc) is 3.23. The maximum Gasteiger partial charge on any atom is 0.435 e. The molecule has 1 aliphatic heterocycles. The third-order valence-electron chi connectivity index (χ3n) is 4.70. The summed E-state index contributed by atoms with van der Waals surface area (Å²) in [6.45, 7) is 0. The summed E-state index contributed by atoms with van der Waals surface area (Å²) in [5.41, 5.74) is -3.00. The number of alkyl halides is 3. The minimum Gasteiger partial charge on any atom is -0.478 e. The van der Waals surface area contributed by atoms with Gasteiger partial charge in [0.25, 0.3) is 5.60 Å². The van der Waals surface area contributed by atoms with Gasteiger partial charge in [-0.15, -0.1) is 0 Å². The molecule has 0 fully saturated rings. The van der Waals surface area contributed by atoms with Crippen molar-refractivity contribution in [3.8, 4) is 0 Å². The Balaban J connectivity index is 1.84. The summed E-state index contributed by atoms with van der Waals surface area (Å²) in [7, 11) is 1.47. The lowest BCUT2D eigenvalue weighted by Gasteiger charge is -2.29. The van der Waals surface area contributed by atoms with Crippen LogP contribution in [0.1, 0.15) is 27.9 Å². The first-order valence-corrected chi connectivity index (χ1v) is 9.13. The summed E-state index contributed by atoms with van der Waals surface area (Å²) < 4.78 is 42.4. The van der Waals surface area contributed by atoms with Crippen LogP contribution in [0.4, 0.5) is 13.2 Å². The number of aromatic nitrogens is 3. The normalized spacial score (nSPS) is 19.1. The number of benzene rings is 2. The fourth-order valence-electron chi connectivity index (χ4n) is 3.33. The first kappa shape index (κ1) is 20.4. The van der Waals surface area contributed by atoms with Gasteiger partial charge >= 0.3 is 12.1 Å². The van der Waals surface area contributed by atoms with Gasteiger partial charge in [-0.2, -0.15) is 28.2 Å². The molecule has 0 aliphatic carbocycles. The maximum absolute atomic E-state index is 14.1. The van der Waals surface area contributed by atoms with Crippen molar-refractivity contribution in [2.75, 3.05) is 0 Å². The van der Waals surface area contributed by atoms with Crippen LogP contribution in [-0.2, 0) is 17.5 Å². The van der Waals surface area contributed by atoms with Crippen LogP contribution in [0.15, 0.2) is 35.5 Å². The summed E-state index contributed by atoms with van der Waals surface area (Å²) >= 11 is 11.8. The van der Waals surface area contributed by atoms with Gasteiger partial charge in [0, 0.05) is 28.2 Å². The number of oxime groups is 1. The highest BCUT2D eigenvalue weighted by Gasteiger charge is 2.62. The minimum atomic E-state index is -4.85. The second kappa shape index (κ2) is 6.85. The second-order valence-electron chi connectivity index (χ2n) is 6.64. The molecule has 12 heteroatoms. The molecule has 1 unspecified atom stereocenters. The number of rotatable bonds is 3. The van der Waals surface area contributed by atoms with E-state index in [0.717, 1.165) is 16.9 Å². The Kier molecular flexibility index (Phi) is 4.66. The molecule has 0 spiro atoms. The van der Waals surface area contributed by atoms with Gasteiger partial charge in [0.05, 0.1) is 17.7 Å². The maximum atomic E-state index is 14.1. The van der Waals surface area contributed by atoms with Crippen molar-refractivity contribution in [3.05, 3.63) is 57.1 Å². The molecule has 0 amide bonds. The number of fused-ring (bicyclic) bond motifs is 1. The lowest BCUT2D eigenvalue weighted by atomic mass is 9.86. The Labute approximate surface area is 176 Å². The fourth-order valence-corrected chi connectivity index (χ4v) is 3.86. The molecule has 156 valence electrons. The molecule has 3 aromatic rings. The van der Waals surface area contributed by atoms with Crippen LogP contribution >= 0.6 is 23.2 Å². The molecule has 0 radical (unpaired) electrons. The van der Waals surface area contributed by atoms with E-state index in [4.69, 9.17) is 28.0 Å². The third-order valence-corrected chi connectivity index (χ3v) is 5.13. The summed E-state index contributed by atoms with van der Waals surface area (Å²) in [6.07, 6.45) is -5.54. The molecule has 1 N–H and O–H groups in total. The molecule has 4 rings (SSSR count). The van der Waals surface area contributed by atoms with E-state index in [1.165, 1.54) is 25.2 Å². The number of carboxylic acid groups (broad SMARTS) is 1. The van der Waals surface area contributed by atoms with Crippen molar-refractivity contribution in [3.63, 3.8) is 0 Å². The summed E-state index contributed by atoms with van der Waals surface area (Å²) in [4.78, 5) is 17.5. The van der Waals surface area contributed by atoms with E-state index >= 15 is 0 Å². The molecular formula is C18H11Cl2F3N4O3. The number of hydrogen-bond acceptors (Lipinski definition) is 5. The molecule has 2 aromatic carbocycles. The topological polar surface area (TPSA) is 89.6 Å². The van der Waals surface area contributed by atoms with Crippen LogP contribution in [0.3, 0.4) is 0 Å². The number of nitrogens with zero attached hydrogens (tertiary/aromatic N) is 4. The van der Waals surface area contributed by atoms with Crippen LogP contribution in [0, 0.1) is 0 Å². The predicted octanol–water partition coefficient (Wildman–Crippen LogP) is 4.56. The van der Waals surface area contributed by atoms with Crippen molar-refractivity contribution >= 4 is 45.9 Å².